The summed E-state index contributed by atoms with van der Waals surface area (Å²) in [6, 6.07) is 18.1. The molecule has 26 heavy (non-hydrogen) atoms. The molecule has 2 aromatic carbocycles. The number of hydrogen-bond donors (Lipinski definition) is 0. The minimum atomic E-state index is -0.108. The van der Waals surface area contributed by atoms with Crippen molar-refractivity contribution in [2.45, 2.75) is 45.8 Å². The van der Waals surface area contributed by atoms with Crippen molar-refractivity contribution < 1.29 is 14.3 Å². The Hall–Kier alpha value is -1.97. The quantitative estimate of drug-likeness (QED) is 0.488. The molecule has 2 aromatic rings. The topological polar surface area (TPSA) is 35.5 Å². The minimum absolute atomic E-state index is 0.108. The first-order valence-electron chi connectivity index (χ1n) is 9.45. The smallest absolute Gasteiger partial charge is 0.162 e. The van der Waals surface area contributed by atoms with Crippen LogP contribution >= 0.6 is 0 Å². The Bertz CT molecular complexity index is 694. The number of hydrogen-bond acceptors (Lipinski definition) is 3. The third kappa shape index (κ3) is 5.26. The van der Waals surface area contributed by atoms with Crippen LogP contribution in [-0.2, 0) is 9.47 Å². The number of carbonyl (C=O) groups excluding carboxylic acids is 1. The Morgan fingerprint density at radius 3 is 2.19 bits per heavy atom. The summed E-state index contributed by atoms with van der Waals surface area (Å²) in [5, 5.41) is 0. The molecule has 3 rings (SSSR count). The summed E-state index contributed by atoms with van der Waals surface area (Å²) in [6.45, 7) is 5.77. The number of Topliss-reactive ketones (excluding diaryl/α,β-unsaturated/α-hetero) is 1. The van der Waals surface area contributed by atoms with Gasteiger partial charge in [-0.25, -0.2) is 0 Å². The Morgan fingerprint density at radius 1 is 0.923 bits per heavy atom. The van der Waals surface area contributed by atoms with Crippen LogP contribution < -0.4 is 0 Å². The van der Waals surface area contributed by atoms with Gasteiger partial charge in [0.2, 0.25) is 0 Å². The molecule has 138 valence electrons. The van der Waals surface area contributed by atoms with Gasteiger partial charge < -0.3 is 9.47 Å². The average molecular weight is 352 g/mol. The molecule has 0 unspecified atom stereocenters. The molecule has 1 saturated heterocycles. The third-order valence-corrected chi connectivity index (χ3v) is 4.73. The van der Waals surface area contributed by atoms with E-state index < -0.39 is 0 Å². The maximum absolute atomic E-state index is 12.4. The second-order valence-corrected chi connectivity index (χ2v) is 7.83. The highest BCUT2D eigenvalue weighted by Crippen LogP contribution is 2.25. The molecule has 1 aliphatic rings. The predicted octanol–water partition coefficient (Wildman–Crippen LogP) is 5.50. The molecule has 3 heteroatoms. The van der Waals surface area contributed by atoms with Crippen molar-refractivity contribution in [2.24, 2.45) is 5.41 Å². The molecule has 0 aromatic heterocycles. The van der Waals surface area contributed by atoms with E-state index in [2.05, 4.69) is 26.0 Å². The fourth-order valence-corrected chi connectivity index (χ4v) is 3.11. The number of benzene rings is 2. The summed E-state index contributed by atoms with van der Waals surface area (Å²) in [6.07, 6.45) is 3.13. The molecule has 0 N–H and O–H groups in total. The number of carbonyl (C=O) groups is 1. The molecule has 1 aliphatic heterocycles. The van der Waals surface area contributed by atoms with Gasteiger partial charge in [0, 0.05) is 17.4 Å². The van der Waals surface area contributed by atoms with Crippen LogP contribution in [0.4, 0.5) is 0 Å². The SMILES string of the molecule is CC1(C)COC(CCCCC(=O)c2ccc(-c3ccccc3)cc2)OC1. The van der Waals surface area contributed by atoms with Crippen molar-refractivity contribution in [1.82, 2.24) is 0 Å². The predicted molar refractivity (Wildman–Crippen MR) is 104 cm³/mol. The van der Waals surface area contributed by atoms with E-state index in [1.54, 1.807) is 0 Å². The highest BCUT2D eigenvalue weighted by atomic mass is 16.7. The molecule has 0 amide bonds. The molecule has 0 aliphatic carbocycles. The fraction of sp³-hybridized carbons (Fsp3) is 0.435. The first-order valence-corrected chi connectivity index (χ1v) is 9.45. The summed E-state index contributed by atoms with van der Waals surface area (Å²) >= 11 is 0. The summed E-state index contributed by atoms with van der Waals surface area (Å²) < 4.78 is 11.5. The monoisotopic (exact) mass is 352 g/mol. The number of rotatable bonds is 7. The number of ether oxygens (including phenoxy) is 2. The number of ketones is 1. The highest BCUT2D eigenvalue weighted by Gasteiger charge is 2.27. The Labute approximate surface area is 156 Å². The van der Waals surface area contributed by atoms with Gasteiger partial charge in [0.1, 0.15) is 0 Å². The van der Waals surface area contributed by atoms with Crippen LogP contribution in [0.15, 0.2) is 54.6 Å². The zero-order chi connectivity index (χ0) is 18.4. The molecular formula is C23H28O3. The van der Waals surface area contributed by atoms with E-state index in [-0.39, 0.29) is 17.5 Å². The zero-order valence-electron chi connectivity index (χ0n) is 15.7. The third-order valence-electron chi connectivity index (χ3n) is 4.73. The molecule has 0 spiro atoms. The minimum Gasteiger partial charge on any atom is -0.352 e. The molecule has 3 nitrogen and oxygen atoms in total. The average Bonchev–Trinajstić information content (AvgIpc) is 2.67. The van der Waals surface area contributed by atoms with Crippen molar-refractivity contribution in [3.8, 4) is 11.1 Å². The normalized spacial score (nSPS) is 17.2. The van der Waals surface area contributed by atoms with E-state index in [1.165, 1.54) is 5.56 Å². The van der Waals surface area contributed by atoms with Gasteiger partial charge in [-0.3, -0.25) is 4.79 Å². The molecule has 0 radical (unpaired) electrons. The molecule has 0 bridgehead atoms. The van der Waals surface area contributed by atoms with E-state index in [0.717, 1.165) is 43.6 Å². The second kappa shape index (κ2) is 8.61. The zero-order valence-corrected chi connectivity index (χ0v) is 15.7. The summed E-state index contributed by atoms with van der Waals surface area (Å²) in [5.74, 6) is 0.205. The van der Waals surface area contributed by atoms with Crippen molar-refractivity contribution in [3.63, 3.8) is 0 Å². The molecule has 1 heterocycles. The van der Waals surface area contributed by atoms with Gasteiger partial charge in [0.05, 0.1) is 13.2 Å². The van der Waals surface area contributed by atoms with Crippen molar-refractivity contribution in [2.75, 3.05) is 13.2 Å². The van der Waals surface area contributed by atoms with Crippen LogP contribution in [0, 0.1) is 5.41 Å². The van der Waals surface area contributed by atoms with Crippen LogP contribution in [0.3, 0.4) is 0 Å². The largest absolute Gasteiger partial charge is 0.352 e. The molecular weight excluding hydrogens is 324 g/mol. The second-order valence-electron chi connectivity index (χ2n) is 7.83. The maximum atomic E-state index is 12.4. The van der Waals surface area contributed by atoms with Gasteiger partial charge in [-0.05, 0) is 30.4 Å². The first kappa shape index (κ1) is 18.8. The Morgan fingerprint density at radius 2 is 1.54 bits per heavy atom. The van der Waals surface area contributed by atoms with Crippen LogP contribution in [0.5, 0.6) is 0 Å². The van der Waals surface area contributed by atoms with E-state index in [9.17, 15) is 4.79 Å². The van der Waals surface area contributed by atoms with Gasteiger partial charge >= 0.3 is 0 Å². The lowest BCUT2D eigenvalue weighted by molar-refractivity contribution is -0.224. The van der Waals surface area contributed by atoms with Crippen LogP contribution in [-0.4, -0.2) is 25.3 Å². The van der Waals surface area contributed by atoms with E-state index in [1.807, 2.05) is 42.5 Å². The molecule has 0 saturated carbocycles. The molecule has 1 fully saturated rings. The van der Waals surface area contributed by atoms with Gasteiger partial charge in [-0.1, -0.05) is 68.4 Å². The van der Waals surface area contributed by atoms with E-state index >= 15 is 0 Å². The summed E-state index contributed by atoms with van der Waals surface area (Å²) in [4.78, 5) is 12.4. The van der Waals surface area contributed by atoms with Gasteiger partial charge in [-0.15, -0.1) is 0 Å². The van der Waals surface area contributed by atoms with Crippen molar-refractivity contribution in [1.29, 1.82) is 0 Å². The first-order chi connectivity index (χ1) is 12.5. The Balaban J connectivity index is 1.41. The lowest BCUT2D eigenvalue weighted by Crippen LogP contribution is -2.37. The van der Waals surface area contributed by atoms with E-state index in [0.29, 0.717) is 6.42 Å². The maximum Gasteiger partial charge on any atom is 0.162 e. The standard InChI is InChI=1S/C23H28O3/c1-23(2)16-25-22(26-17-23)11-7-6-10-21(24)20-14-12-19(13-15-20)18-8-4-3-5-9-18/h3-5,8-9,12-15,22H,6-7,10-11,16-17H2,1-2H3. The van der Waals surface area contributed by atoms with Crippen LogP contribution in [0.2, 0.25) is 0 Å². The van der Waals surface area contributed by atoms with Crippen LogP contribution in [0.25, 0.3) is 11.1 Å². The lowest BCUT2D eigenvalue weighted by Gasteiger charge is -2.34. The summed E-state index contributed by atoms with van der Waals surface area (Å²) in [7, 11) is 0. The van der Waals surface area contributed by atoms with Gasteiger partial charge in [-0.2, -0.15) is 0 Å². The van der Waals surface area contributed by atoms with Gasteiger partial charge in [0.15, 0.2) is 12.1 Å². The highest BCUT2D eigenvalue weighted by molar-refractivity contribution is 5.96. The summed E-state index contributed by atoms with van der Waals surface area (Å²) in [5.41, 5.74) is 3.20. The van der Waals surface area contributed by atoms with Crippen molar-refractivity contribution >= 4 is 5.78 Å². The van der Waals surface area contributed by atoms with Crippen molar-refractivity contribution in [3.05, 3.63) is 60.2 Å². The number of unbranched alkanes of at least 4 members (excludes halogenated alkanes) is 1. The van der Waals surface area contributed by atoms with Gasteiger partial charge in [0.25, 0.3) is 0 Å². The van der Waals surface area contributed by atoms with Crippen LogP contribution in [0.1, 0.15) is 49.9 Å². The Kier molecular flexibility index (Phi) is 6.23. The fourth-order valence-electron chi connectivity index (χ4n) is 3.11. The van der Waals surface area contributed by atoms with E-state index in [4.69, 9.17) is 9.47 Å². The lowest BCUT2D eigenvalue weighted by atomic mass is 9.95. The molecule has 0 atom stereocenters.